The molecule has 3 heteroatoms. The molecule has 2 unspecified atom stereocenters. The number of phenolic OH excluding ortho intramolecular Hbond substituents is 1. The van der Waals surface area contributed by atoms with Gasteiger partial charge in [-0.15, -0.1) is 0 Å². The van der Waals surface area contributed by atoms with Gasteiger partial charge in [0.25, 0.3) is 0 Å². The number of nitrogens with one attached hydrogen (secondary N) is 1. The minimum atomic E-state index is 0.151. The first-order valence-corrected chi connectivity index (χ1v) is 7.50. The molecule has 0 fully saturated rings. The molecule has 0 aliphatic heterocycles. The van der Waals surface area contributed by atoms with Gasteiger partial charge in [0.15, 0.2) is 0 Å². The normalized spacial score (nSPS) is 14.8. The van der Waals surface area contributed by atoms with Crippen LogP contribution in [0, 0.1) is 12.8 Å². The van der Waals surface area contributed by atoms with Gasteiger partial charge in [-0.2, -0.15) is 0 Å². The number of benzene rings is 1. The van der Waals surface area contributed by atoms with Crippen LogP contribution >= 0.6 is 0 Å². The van der Waals surface area contributed by atoms with Gasteiger partial charge in [-0.3, -0.25) is 0 Å². The Kier molecular flexibility index (Phi) is 6.50. The summed E-state index contributed by atoms with van der Waals surface area (Å²) in [5, 5.41) is 13.7. The van der Waals surface area contributed by atoms with Crippen LogP contribution in [-0.2, 0) is 0 Å². The van der Waals surface area contributed by atoms with Crippen LogP contribution in [0.2, 0.25) is 0 Å². The topological polar surface area (TPSA) is 35.5 Å². The van der Waals surface area contributed by atoms with E-state index in [1.165, 1.54) is 5.56 Å². The number of likely N-dealkylation sites (N-methyl/N-ethyl adjacent to an activating group) is 1. The van der Waals surface area contributed by atoms with Crippen LogP contribution in [0.4, 0.5) is 0 Å². The highest BCUT2D eigenvalue weighted by molar-refractivity contribution is 5.37. The maximum Gasteiger partial charge on any atom is 0.120 e. The fourth-order valence-electron chi connectivity index (χ4n) is 2.67. The molecule has 0 saturated carbocycles. The Morgan fingerprint density at radius 1 is 1.20 bits per heavy atom. The van der Waals surface area contributed by atoms with E-state index in [4.69, 9.17) is 0 Å². The van der Waals surface area contributed by atoms with Gasteiger partial charge in [0.05, 0.1) is 0 Å². The molecule has 3 nitrogen and oxygen atoms in total. The van der Waals surface area contributed by atoms with Crippen LogP contribution in [0.3, 0.4) is 0 Å². The van der Waals surface area contributed by atoms with Crippen LogP contribution in [0.15, 0.2) is 18.2 Å². The molecule has 1 aromatic carbocycles. The molecular weight excluding hydrogens is 248 g/mol. The Labute approximate surface area is 124 Å². The predicted molar refractivity (Wildman–Crippen MR) is 86.2 cm³/mol. The van der Waals surface area contributed by atoms with Gasteiger partial charge in [-0.05, 0) is 46.3 Å². The molecule has 0 radical (unpaired) electrons. The molecular formula is C17H30N2O. The van der Waals surface area contributed by atoms with Crippen molar-refractivity contribution >= 4 is 0 Å². The second-order valence-corrected chi connectivity index (χ2v) is 6.54. The molecule has 0 aromatic heterocycles. The summed E-state index contributed by atoms with van der Waals surface area (Å²) in [5.74, 6) is 1.04. The summed E-state index contributed by atoms with van der Waals surface area (Å²) in [5.41, 5.74) is 2.16. The lowest BCUT2D eigenvalue weighted by Crippen LogP contribution is -2.40. The second-order valence-electron chi connectivity index (χ2n) is 6.54. The molecule has 0 aliphatic carbocycles. The van der Waals surface area contributed by atoms with Crippen molar-refractivity contribution in [3.05, 3.63) is 29.3 Å². The van der Waals surface area contributed by atoms with Gasteiger partial charge in [0.1, 0.15) is 5.75 Å². The number of phenols is 1. The fraction of sp³-hybridized carbons (Fsp3) is 0.647. The van der Waals surface area contributed by atoms with Crippen LogP contribution in [-0.4, -0.2) is 36.7 Å². The van der Waals surface area contributed by atoms with Crippen LogP contribution in [0.25, 0.3) is 0 Å². The maximum absolute atomic E-state index is 10.0. The third kappa shape index (κ3) is 5.51. The Balaban J connectivity index is 2.78. The lowest BCUT2D eigenvalue weighted by molar-refractivity contribution is 0.289. The van der Waals surface area contributed by atoms with E-state index in [2.05, 4.69) is 58.1 Å². The highest BCUT2D eigenvalue weighted by Crippen LogP contribution is 2.25. The summed E-state index contributed by atoms with van der Waals surface area (Å²) in [6.45, 7) is 9.69. The van der Waals surface area contributed by atoms with Crippen LogP contribution in [0.5, 0.6) is 5.75 Å². The van der Waals surface area contributed by atoms with Crippen molar-refractivity contribution in [3.8, 4) is 5.75 Å². The van der Waals surface area contributed by atoms with Gasteiger partial charge in [0, 0.05) is 24.2 Å². The molecule has 114 valence electrons. The van der Waals surface area contributed by atoms with E-state index in [0.717, 1.165) is 18.5 Å². The molecule has 0 amide bonds. The molecule has 1 aromatic rings. The molecule has 0 bridgehead atoms. The summed E-state index contributed by atoms with van der Waals surface area (Å²) < 4.78 is 0. The monoisotopic (exact) mass is 278 g/mol. The van der Waals surface area contributed by atoms with Gasteiger partial charge < -0.3 is 15.3 Å². The standard InChI is InChI=1S/C17H30N2O/c1-12(2)9-15(11-19(5)6)18-14(4)16-10-13(3)7-8-17(16)20/h7-8,10,12,14-15,18,20H,9,11H2,1-6H3. The van der Waals surface area contributed by atoms with E-state index in [-0.39, 0.29) is 6.04 Å². The SMILES string of the molecule is Cc1ccc(O)c(C(C)NC(CC(C)C)CN(C)C)c1. The van der Waals surface area contributed by atoms with Crippen LogP contribution in [0.1, 0.15) is 44.4 Å². The Morgan fingerprint density at radius 2 is 1.85 bits per heavy atom. The average Bonchev–Trinajstić information content (AvgIpc) is 2.30. The van der Waals surface area contributed by atoms with Crippen molar-refractivity contribution in [3.63, 3.8) is 0 Å². The molecule has 0 heterocycles. The van der Waals surface area contributed by atoms with E-state index >= 15 is 0 Å². The van der Waals surface area contributed by atoms with Crippen molar-refractivity contribution in [2.45, 2.75) is 46.2 Å². The van der Waals surface area contributed by atoms with Gasteiger partial charge in [-0.1, -0.05) is 31.5 Å². The van der Waals surface area contributed by atoms with E-state index in [0.29, 0.717) is 17.7 Å². The third-order valence-electron chi connectivity index (χ3n) is 3.48. The third-order valence-corrected chi connectivity index (χ3v) is 3.48. The number of rotatable bonds is 7. The highest BCUT2D eigenvalue weighted by Gasteiger charge is 2.17. The average molecular weight is 278 g/mol. The van der Waals surface area contributed by atoms with Gasteiger partial charge in [0.2, 0.25) is 0 Å². The minimum absolute atomic E-state index is 0.151. The molecule has 0 spiro atoms. The highest BCUT2D eigenvalue weighted by atomic mass is 16.3. The first-order valence-electron chi connectivity index (χ1n) is 7.50. The summed E-state index contributed by atoms with van der Waals surface area (Å²) in [4.78, 5) is 2.21. The van der Waals surface area contributed by atoms with Crippen molar-refractivity contribution in [1.82, 2.24) is 10.2 Å². The largest absolute Gasteiger partial charge is 0.508 e. The van der Waals surface area contributed by atoms with Crippen molar-refractivity contribution in [2.24, 2.45) is 5.92 Å². The van der Waals surface area contributed by atoms with E-state index in [9.17, 15) is 5.11 Å². The predicted octanol–water partition coefficient (Wildman–Crippen LogP) is 3.33. The summed E-state index contributed by atoms with van der Waals surface area (Å²) >= 11 is 0. The summed E-state index contributed by atoms with van der Waals surface area (Å²) in [7, 11) is 4.20. The Hall–Kier alpha value is -1.06. The first-order chi connectivity index (χ1) is 9.29. The fourth-order valence-corrected chi connectivity index (χ4v) is 2.67. The molecule has 0 aliphatic rings. The van der Waals surface area contributed by atoms with Gasteiger partial charge >= 0.3 is 0 Å². The zero-order valence-corrected chi connectivity index (χ0v) is 13.8. The number of aryl methyl sites for hydroxylation is 1. The smallest absolute Gasteiger partial charge is 0.120 e. The minimum Gasteiger partial charge on any atom is -0.508 e. The van der Waals surface area contributed by atoms with E-state index < -0.39 is 0 Å². The molecule has 1 rings (SSSR count). The van der Waals surface area contributed by atoms with Crippen molar-refractivity contribution < 1.29 is 5.11 Å². The van der Waals surface area contributed by atoms with Crippen LogP contribution < -0.4 is 5.32 Å². The molecule has 2 N–H and O–H groups in total. The van der Waals surface area contributed by atoms with Crippen molar-refractivity contribution in [1.29, 1.82) is 0 Å². The van der Waals surface area contributed by atoms with E-state index in [1.54, 1.807) is 6.07 Å². The van der Waals surface area contributed by atoms with E-state index in [1.807, 2.05) is 6.07 Å². The second kappa shape index (κ2) is 7.65. The lowest BCUT2D eigenvalue weighted by atomic mass is 9.99. The number of nitrogens with zero attached hydrogens (tertiary/aromatic N) is 1. The first kappa shape index (κ1) is 17.0. The number of hydrogen-bond acceptors (Lipinski definition) is 3. The molecule has 2 atom stereocenters. The maximum atomic E-state index is 10.0. The zero-order valence-electron chi connectivity index (χ0n) is 13.8. The Bertz CT molecular complexity index is 405. The lowest BCUT2D eigenvalue weighted by Gasteiger charge is -2.28. The number of aromatic hydroxyl groups is 1. The van der Waals surface area contributed by atoms with Crippen molar-refractivity contribution in [2.75, 3.05) is 20.6 Å². The molecule has 20 heavy (non-hydrogen) atoms. The summed E-state index contributed by atoms with van der Waals surface area (Å²) in [6.07, 6.45) is 1.13. The zero-order chi connectivity index (χ0) is 15.3. The molecule has 0 saturated heterocycles. The van der Waals surface area contributed by atoms with Gasteiger partial charge in [-0.25, -0.2) is 0 Å². The summed E-state index contributed by atoms with van der Waals surface area (Å²) in [6, 6.07) is 6.37. The number of hydrogen-bond donors (Lipinski definition) is 2. The quantitative estimate of drug-likeness (QED) is 0.803. The Morgan fingerprint density at radius 3 is 2.40 bits per heavy atom.